The van der Waals surface area contributed by atoms with Gasteiger partial charge in [0.15, 0.2) is 0 Å². The average Bonchev–Trinajstić information content (AvgIpc) is 2.43. The van der Waals surface area contributed by atoms with Crippen molar-refractivity contribution in [3.63, 3.8) is 0 Å². The maximum atomic E-state index is 5.84. The van der Waals surface area contributed by atoms with Crippen LogP contribution < -0.4 is 11.2 Å². The van der Waals surface area contributed by atoms with E-state index in [0.29, 0.717) is 26.4 Å². The predicted molar refractivity (Wildman–Crippen MR) is 84.4 cm³/mol. The van der Waals surface area contributed by atoms with Crippen molar-refractivity contribution in [2.45, 2.75) is 40.2 Å². The zero-order valence-electron chi connectivity index (χ0n) is 13.6. The Kier molecular flexibility index (Phi) is 12.7. The second-order valence-electron chi connectivity index (χ2n) is 4.36. The molecule has 0 fully saturated rings. The topological polar surface area (TPSA) is 69.0 Å². The van der Waals surface area contributed by atoms with Crippen LogP contribution in [0.4, 0.5) is 0 Å². The highest BCUT2D eigenvalue weighted by Gasteiger charge is 2.39. The molecule has 0 aromatic heterocycles. The van der Waals surface area contributed by atoms with Crippen LogP contribution in [0.25, 0.3) is 0 Å². The van der Waals surface area contributed by atoms with Crippen LogP contribution in [0.2, 0.25) is 6.04 Å². The van der Waals surface area contributed by atoms with Crippen LogP contribution in [0, 0.1) is 0 Å². The maximum absolute atomic E-state index is 5.84. The Balaban J connectivity index is 4.28. The smallest absolute Gasteiger partial charge is 0.374 e. The van der Waals surface area contributed by atoms with Gasteiger partial charge >= 0.3 is 8.80 Å². The lowest BCUT2D eigenvalue weighted by Crippen LogP contribution is -2.47. The third kappa shape index (κ3) is 8.31. The first-order chi connectivity index (χ1) is 9.67. The van der Waals surface area contributed by atoms with Crippen LogP contribution in [0.3, 0.4) is 0 Å². The minimum absolute atomic E-state index is 0.634. The summed E-state index contributed by atoms with van der Waals surface area (Å²) in [5.41, 5.74) is 8.81. The molecule has 0 aliphatic carbocycles. The Morgan fingerprint density at radius 1 is 1.00 bits per heavy atom. The molecule has 0 aromatic rings. The lowest BCUT2D eigenvalue weighted by atomic mass is 10.4. The molecule has 122 valence electrons. The first-order valence-electron chi connectivity index (χ1n) is 7.78. The van der Waals surface area contributed by atoms with E-state index in [2.05, 4.69) is 17.4 Å². The van der Waals surface area contributed by atoms with E-state index < -0.39 is 8.80 Å². The second-order valence-corrected chi connectivity index (χ2v) is 7.09. The highest BCUT2D eigenvalue weighted by molar-refractivity contribution is 6.60. The summed E-state index contributed by atoms with van der Waals surface area (Å²) in [5, 5.41) is 2.18. The zero-order valence-corrected chi connectivity index (χ0v) is 14.6. The van der Waals surface area contributed by atoms with E-state index in [1.165, 1.54) is 0 Å². The molecule has 0 aliphatic heterocycles. The first kappa shape index (κ1) is 20.0. The molecule has 0 heterocycles. The molecule has 0 bridgehead atoms. The molecule has 0 rings (SSSR count). The Morgan fingerprint density at radius 3 is 1.95 bits per heavy atom. The van der Waals surface area contributed by atoms with E-state index in [4.69, 9.17) is 19.0 Å². The van der Waals surface area contributed by atoms with Gasteiger partial charge in [0, 0.05) is 52.0 Å². The van der Waals surface area contributed by atoms with Gasteiger partial charge in [-0.25, -0.2) is 5.01 Å². The highest BCUT2D eigenvalue weighted by Crippen LogP contribution is 2.18. The molecule has 20 heavy (non-hydrogen) atoms. The van der Waals surface area contributed by atoms with E-state index in [1.807, 2.05) is 20.8 Å². The lowest BCUT2D eigenvalue weighted by Gasteiger charge is -2.29. The number of hydrogen-bond acceptors (Lipinski definition) is 6. The normalized spacial score (nSPS) is 12.3. The van der Waals surface area contributed by atoms with Gasteiger partial charge in [0.05, 0.1) is 0 Å². The van der Waals surface area contributed by atoms with Gasteiger partial charge in [-0.1, -0.05) is 6.92 Å². The van der Waals surface area contributed by atoms with Crippen molar-refractivity contribution in [2.24, 2.45) is 5.73 Å². The molecule has 0 radical (unpaired) electrons. The van der Waals surface area contributed by atoms with Crippen molar-refractivity contribution in [3.05, 3.63) is 0 Å². The zero-order chi connectivity index (χ0) is 15.3. The molecule has 0 saturated carbocycles. The molecule has 7 heteroatoms. The van der Waals surface area contributed by atoms with Crippen molar-refractivity contribution in [2.75, 3.05) is 46.0 Å². The fourth-order valence-corrected chi connectivity index (χ4v) is 4.65. The summed E-state index contributed by atoms with van der Waals surface area (Å²) in [6.07, 6.45) is 0.984. The van der Waals surface area contributed by atoms with Gasteiger partial charge in [-0.05, 0) is 27.2 Å². The Morgan fingerprint density at radius 2 is 1.55 bits per heavy atom. The number of hydrogen-bond donors (Lipinski definition) is 2. The standard InChI is InChI=1S/C13H33N3O3Si/c1-5-16(15-11-10-14)12-9-13-20(17-6-2,18-7-3)19-8-4/h15H,5-14H2,1-4H3. The number of hydrazine groups is 1. The summed E-state index contributed by atoms with van der Waals surface area (Å²) in [6.45, 7) is 13.3. The molecule has 3 N–H and O–H groups in total. The van der Waals surface area contributed by atoms with Crippen molar-refractivity contribution in [3.8, 4) is 0 Å². The van der Waals surface area contributed by atoms with E-state index in [9.17, 15) is 0 Å². The SMILES string of the molecule is CCO[Si](CCCN(CC)NCCN)(OCC)OCC. The molecular weight excluding hydrogens is 274 g/mol. The van der Waals surface area contributed by atoms with Gasteiger partial charge < -0.3 is 19.0 Å². The Hall–Kier alpha value is -0.0231. The third-order valence-electron chi connectivity index (χ3n) is 2.87. The van der Waals surface area contributed by atoms with Crippen molar-refractivity contribution in [1.29, 1.82) is 0 Å². The van der Waals surface area contributed by atoms with E-state index in [-0.39, 0.29) is 0 Å². The summed E-state index contributed by atoms with van der Waals surface area (Å²) in [5.74, 6) is 0. The molecule has 0 aliphatic rings. The summed E-state index contributed by atoms with van der Waals surface area (Å²) >= 11 is 0. The van der Waals surface area contributed by atoms with E-state index in [1.54, 1.807) is 0 Å². The minimum Gasteiger partial charge on any atom is -0.374 e. The molecule has 0 unspecified atom stereocenters. The molecule has 0 atom stereocenters. The molecule has 0 aromatic carbocycles. The highest BCUT2D eigenvalue weighted by atomic mass is 28.4. The molecule has 0 saturated heterocycles. The predicted octanol–water partition coefficient (Wildman–Crippen LogP) is 1.21. The minimum atomic E-state index is -2.49. The van der Waals surface area contributed by atoms with Crippen molar-refractivity contribution >= 4 is 8.80 Å². The van der Waals surface area contributed by atoms with Crippen molar-refractivity contribution in [1.82, 2.24) is 10.4 Å². The lowest BCUT2D eigenvalue weighted by molar-refractivity contribution is 0.0692. The van der Waals surface area contributed by atoms with Crippen LogP contribution in [0.1, 0.15) is 34.1 Å². The van der Waals surface area contributed by atoms with Crippen LogP contribution in [0.15, 0.2) is 0 Å². The van der Waals surface area contributed by atoms with Gasteiger partial charge in [-0.3, -0.25) is 5.43 Å². The Labute approximate surface area is 125 Å². The molecule has 6 nitrogen and oxygen atoms in total. The van der Waals surface area contributed by atoms with E-state index >= 15 is 0 Å². The van der Waals surface area contributed by atoms with Gasteiger partial charge in [-0.2, -0.15) is 0 Å². The van der Waals surface area contributed by atoms with Crippen molar-refractivity contribution < 1.29 is 13.3 Å². The summed E-state index contributed by atoms with van der Waals surface area (Å²) < 4.78 is 17.5. The van der Waals surface area contributed by atoms with Crippen LogP contribution in [0.5, 0.6) is 0 Å². The number of nitrogens with two attached hydrogens (primary N) is 1. The summed E-state index contributed by atoms with van der Waals surface area (Å²) in [4.78, 5) is 0. The third-order valence-corrected chi connectivity index (χ3v) is 6.02. The monoisotopic (exact) mass is 307 g/mol. The average molecular weight is 308 g/mol. The number of nitrogens with zero attached hydrogens (tertiary/aromatic N) is 1. The van der Waals surface area contributed by atoms with Gasteiger partial charge in [0.1, 0.15) is 0 Å². The molecule has 0 spiro atoms. The quantitative estimate of drug-likeness (QED) is 0.371. The summed E-state index contributed by atoms with van der Waals surface area (Å²) in [7, 11) is -2.49. The molecule has 0 amide bonds. The largest absolute Gasteiger partial charge is 0.500 e. The fraction of sp³-hybridized carbons (Fsp3) is 1.00. The van der Waals surface area contributed by atoms with Gasteiger partial charge in [0.2, 0.25) is 0 Å². The molecular formula is C13H33N3O3Si. The second kappa shape index (κ2) is 12.7. The maximum Gasteiger partial charge on any atom is 0.500 e. The van der Waals surface area contributed by atoms with Crippen LogP contribution in [-0.4, -0.2) is 59.8 Å². The van der Waals surface area contributed by atoms with E-state index in [0.717, 1.165) is 32.1 Å². The first-order valence-corrected chi connectivity index (χ1v) is 9.71. The van der Waals surface area contributed by atoms with Crippen LogP contribution in [-0.2, 0) is 13.3 Å². The summed E-state index contributed by atoms with van der Waals surface area (Å²) in [6, 6.07) is 0.851. The Bertz CT molecular complexity index is 206. The van der Waals surface area contributed by atoms with Gasteiger partial charge in [-0.15, -0.1) is 0 Å². The fourth-order valence-electron chi connectivity index (χ4n) is 2.06. The number of rotatable bonds is 14. The van der Waals surface area contributed by atoms with Gasteiger partial charge in [0.25, 0.3) is 0 Å². The number of nitrogens with one attached hydrogen (secondary N) is 1. The van der Waals surface area contributed by atoms with Crippen LogP contribution >= 0.6 is 0 Å².